The summed E-state index contributed by atoms with van der Waals surface area (Å²) in [5.41, 5.74) is 3.05. The SMILES string of the molecule is Cc1ccc(Cl)cc1N(Cc1ccc(C(=O)Nc2ccc(S(=O)(=O)Nc3cccc4ccccc34)cc2)cc1)S(=O)(=O)c1ccccc1. The minimum Gasteiger partial charge on any atom is -0.322 e. The third-order valence-corrected chi connectivity index (χ3v) is 11.2. The molecule has 6 aromatic rings. The lowest BCUT2D eigenvalue weighted by atomic mass is 10.1. The third-order valence-electron chi connectivity index (χ3n) is 7.77. The standard InChI is InChI=1S/C37H30ClN3O5S2/c1-26-14-19-30(38)24-36(26)41(48(45,46)33-10-3-2-4-11-33)25-27-15-17-29(18-16-27)37(42)39-31-20-22-32(23-21-31)47(43,44)40-35-13-7-9-28-8-5-6-12-34(28)35/h2-24,40H,25H2,1H3,(H,39,42). The van der Waals surface area contributed by atoms with E-state index in [9.17, 15) is 21.6 Å². The van der Waals surface area contributed by atoms with Gasteiger partial charge in [0.15, 0.2) is 0 Å². The van der Waals surface area contributed by atoms with Gasteiger partial charge in [0.2, 0.25) is 0 Å². The van der Waals surface area contributed by atoms with Crippen molar-refractivity contribution in [1.29, 1.82) is 0 Å². The maximum absolute atomic E-state index is 13.8. The van der Waals surface area contributed by atoms with Crippen molar-refractivity contribution in [3.8, 4) is 0 Å². The molecule has 6 aromatic carbocycles. The summed E-state index contributed by atoms with van der Waals surface area (Å²) in [5.74, 6) is -0.412. The monoisotopic (exact) mass is 695 g/mol. The number of amides is 1. The van der Waals surface area contributed by atoms with E-state index in [1.165, 1.54) is 28.6 Å². The highest BCUT2D eigenvalue weighted by Gasteiger charge is 2.27. The Morgan fingerprint density at radius 2 is 1.38 bits per heavy atom. The van der Waals surface area contributed by atoms with Crippen molar-refractivity contribution in [3.05, 3.63) is 161 Å². The van der Waals surface area contributed by atoms with Crippen molar-refractivity contribution in [3.63, 3.8) is 0 Å². The number of aryl methyl sites for hydroxylation is 1. The summed E-state index contributed by atoms with van der Waals surface area (Å²) in [4.78, 5) is 13.3. The number of hydrogen-bond acceptors (Lipinski definition) is 5. The number of hydrogen-bond donors (Lipinski definition) is 2. The molecule has 0 saturated carbocycles. The van der Waals surface area contributed by atoms with Crippen LogP contribution in [0.25, 0.3) is 10.8 Å². The maximum Gasteiger partial charge on any atom is 0.264 e. The van der Waals surface area contributed by atoms with Gasteiger partial charge in [-0.25, -0.2) is 16.8 Å². The summed E-state index contributed by atoms with van der Waals surface area (Å²) < 4.78 is 57.8. The zero-order chi connectivity index (χ0) is 33.9. The molecule has 8 nitrogen and oxygen atoms in total. The average Bonchev–Trinajstić information content (AvgIpc) is 3.09. The molecule has 0 aliphatic carbocycles. The van der Waals surface area contributed by atoms with Gasteiger partial charge in [-0.2, -0.15) is 0 Å². The van der Waals surface area contributed by atoms with Crippen LogP contribution in [0.1, 0.15) is 21.5 Å². The second-order valence-electron chi connectivity index (χ2n) is 11.1. The molecule has 2 N–H and O–H groups in total. The Kier molecular flexibility index (Phi) is 9.23. The first-order chi connectivity index (χ1) is 23.0. The average molecular weight is 696 g/mol. The lowest BCUT2D eigenvalue weighted by molar-refractivity contribution is 0.102. The van der Waals surface area contributed by atoms with E-state index in [-0.39, 0.29) is 16.3 Å². The molecule has 1 amide bonds. The third kappa shape index (κ3) is 7.06. The van der Waals surface area contributed by atoms with Crippen molar-refractivity contribution in [2.24, 2.45) is 0 Å². The van der Waals surface area contributed by atoms with Crippen LogP contribution in [0.2, 0.25) is 5.02 Å². The van der Waals surface area contributed by atoms with Crippen molar-refractivity contribution in [2.75, 3.05) is 14.3 Å². The molecule has 0 saturated heterocycles. The number of fused-ring (bicyclic) bond motifs is 1. The molecule has 6 rings (SSSR count). The van der Waals surface area contributed by atoms with Crippen LogP contribution in [0.3, 0.4) is 0 Å². The van der Waals surface area contributed by atoms with Gasteiger partial charge in [0.25, 0.3) is 26.0 Å². The number of sulfonamides is 2. The summed E-state index contributed by atoms with van der Waals surface area (Å²) in [5, 5.41) is 4.88. The minimum atomic E-state index is -3.95. The highest BCUT2D eigenvalue weighted by molar-refractivity contribution is 7.93. The van der Waals surface area contributed by atoms with Crippen LogP contribution in [0.4, 0.5) is 17.1 Å². The Bertz CT molecular complexity index is 2330. The van der Waals surface area contributed by atoms with E-state index in [0.717, 1.165) is 16.3 Å². The number of nitrogens with zero attached hydrogens (tertiary/aromatic N) is 1. The number of anilines is 3. The Morgan fingerprint density at radius 1 is 0.708 bits per heavy atom. The predicted octanol–water partition coefficient (Wildman–Crippen LogP) is 8.25. The van der Waals surface area contributed by atoms with Gasteiger partial charge in [-0.05, 0) is 90.2 Å². The van der Waals surface area contributed by atoms with Gasteiger partial charge in [-0.1, -0.05) is 84.4 Å². The van der Waals surface area contributed by atoms with Crippen molar-refractivity contribution < 1.29 is 21.6 Å². The zero-order valence-electron chi connectivity index (χ0n) is 25.7. The lowest BCUT2D eigenvalue weighted by Crippen LogP contribution is -2.31. The van der Waals surface area contributed by atoms with Gasteiger partial charge in [-0.15, -0.1) is 0 Å². The van der Waals surface area contributed by atoms with E-state index >= 15 is 0 Å². The highest BCUT2D eigenvalue weighted by atomic mass is 35.5. The van der Waals surface area contributed by atoms with Crippen LogP contribution in [-0.2, 0) is 26.6 Å². The first-order valence-corrected chi connectivity index (χ1v) is 18.2. The molecule has 0 radical (unpaired) electrons. The van der Waals surface area contributed by atoms with Gasteiger partial charge in [0.1, 0.15) is 0 Å². The van der Waals surface area contributed by atoms with Gasteiger partial charge >= 0.3 is 0 Å². The van der Waals surface area contributed by atoms with Gasteiger partial charge in [-0.3, -0.25) is 13.8 Å². The summed E-state index contributed by atoms with van der Waals surface area (Å²) in [6, 6.07) is 38.6. The van der Waals surface area contributed by atoms with Crippen LogP contribution in [0, 0.1) is 6.92 Å². The molecule has 0 spiro atoms. The fourth-order valence-electron chi connectivity index (χ4n) is 5.24. The number of benzene rings is 6. The Balaban J connectivity index is 1.17. The first-order valence-electron chi connectivity index (χ1n) is 14.9. The van der Waals surface area contributed by atoms with E-state index in [4.69, 9.17) is 11.6 Å². The number of nitrogens with one attached hydrogen (secondary N) is 2. The summed E-state index contributed by atoms with van der Waals surface area (Å²) >= 11 is 6.27. The summed E-state index contributed by atoms with van der Waals surface area (Å²) in [6.45, 7) is 1.82. The van der Waals surface area contributed by atoms with Crippen LogP contribution in [0.15, 0.2) is 149 Å². The Hall–Kier alpha value is -5.16. The molecule has 0 aromatic heterocycles. The van der Waals surface area contributed by atoms with Gasteiger partial charge in [0.05, 0.1) is 27.7 Å². The second-order valence-corrected chi connectivity index (χ2v) is 15.0. The molecule has 0 heterocycles. The summed E-state index contributed by atoms with van der Waals surface area (Å²) in [6.07, 6.45) is 0. The topological polar surface area (TPSA) is 113 Å². The second kappa shape index (κ2) is 13.5. The fourth-order valence-corrected chi connectivity index (χ4v) is 8.01. The van der Waals surface area contributed by atoms with Crippen molar-refractivity contribution >= 4 is 65.4 Å². The number of rotatable bonds is 10. The number of halogens is 1. The van der Waals surface area contributed by atoms with Crippen LogP contribution < -0.4 is 14.3 Å². The smallest absolute Gasteiger partial charge is 0.264 e. The first kappa shape index (κ1) is 32.8. The van der Waals surface area contributed by atoms with E-state index in [0.29, 0.717) is 33.2 Å². The predicted molar refractivity (Wildman–Crippen MR) is 192 cm³/mol. The molecule has 48 heavy (non-hydrogen) atoms. The molecule has 0 atom stereocenters. The van der Waals surface area contributed by atoms with E-state index in [1.807, 2.05) is 37.3 Å². The molecule has 0 aliphatic rings. The summed E-state index contributed by atoms with van der Waals surface area (Å²) in [7, 11) is -7.84. The molecule has 0 unspecified atom stereocenters. The Labute approximate surface area is 284 Å². The van der Waals surface area contributed by atoms with Crippen LogP contribution in [-0.4, -0.2) is 22.7 Å². The lowest BCUT2D eigenvalue weighted by Gasteiger charge is -2.26. The van der Waals surface area contributed by atoms with Crippen molar-refractivity contribution in [1.82, 2.24) is 0 Å². The molecule has 0 aliphatic heterocycles. The van der Waals surface area contributed by atoms with Gasteiger partial charge in [0, 0.05) is 21.7 Å². The Morgan fingerprint density at radius 3 is 2.10 bits per heavy atom. The zero-order valence-corrected chi connectivity index (χ0v) is 28.1. The van der Waals surface area contributed by atoms with E-state index < -0.39 is 26.0 Å². The van der Waals surface area contributed by atoms with Crippen LogP contribution >= 0.6 is 11.6 Å². The highest BCUT2D eigenvalue weighted by Crippen LogP contribution is 2.31. The minimum absolute atomic E-state index is 0.00303. The maximum atomic E-state index is 13.8. The number of carbonyl (C=O) groups is 1. The fraction of sp³-hybridized carbons (Fsp3) is 0.0541. The normalized spacial score (nSPS) is 11.6. The largest absolute Gasteiger partial charge is 0.322 e. The molecular formula is C37H30ClN3O5S2. The van der Waals surface area contributed by atoms with Gasteiger partial charge < -0.3 is 5.32 Å². The molecule has 0 fully saturated rings. The van der Waals surface area contributed by atoms with E-state index in [1.54, 1.807) is 84.9 Å². The molecule has 242 valence electrons. The number of carbonyl (C=O) groups excluding carboxylic acids is 1. The van der Waals surface area contributed by atoms with E-state index in [2.05, 4.69) is 10.0 Å². The van der Waals surface area contributed by atoms with Crippen LogP contribution in [0.5, 0.6) is 0 Å². The molecular weight excluding hydrogens is 666 g/mol. The quantitative estimate of drug-likeness (QED) is 0.150. The molecule has 11 heteroatoms. The van der Waals surface area contributed by atoms with Crippen molar-refractivity contribution in [2.45, 2.75) is 23.3 Å². The molecule has 0 bridgehead atoms.